The molecule has 1 aromatic rings. The summed E-state index contributed by atoms with van der Waals surface area (Å²) in [6.07, 6.45) is 0.105. The number of methoxy groups -OCH3 is 1. The van der Waals surface area contributed by atoms with E-state index in [2.05, 4.69) is 5.32 Å². The topological polar surface area (TPSA) is 56.5 Å². The number of ether oxygens (including phenoxy) is 2. The van der Waals surface area contributed by atoms with E-state index in [-0.39, 0.29) is 6.10 Å². The molecule has 1 aliphatic rings. The van der Waals surface area contributed by atoms with Crippen LogP contribution in [0.5, 0.6) is 5.75 Å². The zero-order chi connectivity index (χ0) is 10.7. The molecule has 0 aromatic heterocycles. The van der Waals surface area contributed by atoms with Crippen LogP contribution in [0, 0.1) is 0 Å². The number of hydrogen-bond donors (Lipinski definition) is 2. The monoisotopic (exact) mass is 208 g/mol. The minimum absolute atomic E-state index is 0.105. The van der Waals surface area contributed by atoms with Gasteiger partial charge in [-0.2, -0.15) is 0 Å². The number of nitrogens with one attached hydrogen (secondary N) is 1. The van der Waals surface area contributed by atoms with Crippen LogP contribution in [0.25, 0.3) is 0 Å². The summed E-state index contributed by atoms with van der Waals surface area (Å²) in [5, 5.41) is 3.29. The Kier molecular flexibility index (Phi) is 3.08. The number of anilines is 1. The highest BCUT2D eigenvalue weighted by Crippen LogP contribution is 2.27. The van der Waals surface area contributed by atoms with Gasteiger partial charge < -0.3 is 20.5 Å². The highest BCUT2D eigenvalue weighted by Gasteiger charge is 2.16. The third-order valence-electron chi connectivity index (χ3n) is 2.56. The Morgan fingerprint density at radius 3 is 3.07 bits per heavy atom. The first kappa shape index (κ1) is 10.3. The predicted molar refractivity (Wildman–Crippen MR) is 59.0 cm³/mol. The summed E-state index contributed by atoms with van der Waals surface area (Å²) < 4.78 is 10.8. The van der Waals surface area contributed by atoms with Gasteiger partial charge in [-0.3, -0.25) is 0 Å². The summed E-state index contributed by atoms with van der Waals surface area (Å²) in [5.74, 6) is 0.710. The fourth-order valence-corrected chi connectivity index (χ4v) is 1.71. The van der Waals surface area contributed by atoms with Crippen LogP contribution in [0.3, 0.4) is 0 Å². The number of morpholine rings is 1. The van der Waals surface area contributed by atoms with Crippen molar-refractivity contribution in [2.24, 2.45) is 0 Å². The molecule has 1 saturated heterocycles. The molecule has 3 N–H and O–H groups in total. The summed E-state index contributed by atoms with van der Waals surface area (Å²) in [6.45, 7) is 2.51. The Labute approximate surface area is 89.4 Å². The lowest BCUT2D eigenvalue weighted by molar-refractivity contribution is 0.0276. The maximum Gasteiger partial charge on any atom is 0.142 e. The maximum atomic E-state index is 5.75. The molecule has 0 radical (unpaired) electrons. The summed E-state index contributed by atoms with van der Waals surface area (Å²) in [5.41, 5.74) is 7.51. The lowest BCUT2D eigenvalue weighted by atomic mass is 10.1. The molecule has 0 amide bonds. The molecule has 1 heterocycles. The van der Waals surface area contributed by atoms with E-state index in [1.54, 1.807) is 7.11 Å². The van der Waals surface area contributed by atoms with Crippen molar-refractivity contribution in [1.82, 2.24) is 5.32 Å². The van der Waals surface area contributed by atoms with Crippen LogP contribution < -0.4 is 15.8 Å². The molecule has 15 heavy (non-hydrogen) atoms. The van der Waals surface area contributed by atoms with E-state index in [0.717, 1.165) is 25.3 Å². The number of nitrogen functional groups attached to an aromatic ring is 1. The molecule has 0 saturated carbocycles. The highest BCUT2D eigenvalue weighted by molar-refractivity contribution is 5.54. The van der Waals surface area contributed by atoms with Gasteiger partial charge in [0.2, 0.25) is 0 Å². The van der Waals surface area contributed by atoms with Crippen LogP contribution in [0.1, 0.15) is 11.7 Å². The lowest BCUT2D eigenvalue weighted by Crippen LogP contribution is -2.33. The van der Waals surface area contributed by atoms with Gasteiger partial charge in [0.25, 0.3) is 0 Å². The maximum absolute atomic E-state index is 5.75. The molecule has 0 aliphatic carbocycles. The van der Waals surface area contributed by atoms with E-state index in [0.29, 0.717) is 11.4 Å². The standard InChI is InChI=1S/C11H16N2O2/c1-14-10-6-8(2-3-9(10)12)11-7-13-4-5-15-11/h2-3,6,11,13H,4-5,7,12H2,1H3. The van der Waals surface area contributed by atoms with E-state index < -0.39 is 0 Å². The Hall–Kier alpha value is -1.26. The minimum Gasteiger partial charge on any atom is -0.495 e. The van der Waals surface area contributed by atoms with E-state index >= 15 is 0 Å². The summed E-state index contributed by atoms with van der Waals surface area (Å²) in [6, 6.07) is 5.77. The molecule has 4 heteroatoms. The molecule has 2 rings (SSSR count). The van der Waals surface area contributed by atoms with Gasteiger partial charge in [-0.15, -0.1) is 0 Å². The summed E-state index contributed by atoms with van der Waals surface area (Å²) in [4.78, 5) is 0. The second-order valence-electron chi connectivity index (χ2n) is 3.56. The van der Waals surface area contributed by atoms with Crippen LogP contribution in [0.2, 0.25) is 0 Å². The first-order chi connectivity index (χ1) is 7.31. The number of hydrogen-bond acceptors (Lipinski definition) is 4. The largest absolute Gasteiger partial charge is 0.495 e. The average Bonchev–Trinajstić information content (AvgIpc) is 2.31. The molecule has 1 atom stereocenters. The van der Waals surface area contributed by atoms with Crippen molar-refractivity contribution in [2.75, 3.05) is 32.5 Å². The van der Waals surface area contributed by atoms with E-state index in [1.165, 1.54) is 0 Å². The Balaban J connectivity index is 2.20. The molecule has 1 aromatic carbocycles. The summed E-state index contributed by atoms with van der Waals surface area (Å²) >= 11 is 0. The van der Waals surface area contributed by atoms with Crippen LogP contribution in [0.15, 0.2) is 18.2 Å². The van der Waals surface area contributed by atoms with Crippen molar-refractivity contribution < 1.29 is 9.47 Å². The Morgan fingerprint density at radius 1 is 1.53 bits per heavy atom. The van der Waals surface area contributed by atoms with Crippen molar-refractivity contribution in [3.8, 4) is 5.75 Å². The molecular formula is C11H16N2O2. The van der Waals surface area contributed by atoms with E-state index in [9.17, 15) is 0 Å². The molecule has 1 fully saturated rings. The third kappa shape index (κ3) is 2.22. The van der Waals surface area contributed by atoms with Gasteiger partial charge in [0.05, 0.1) is 25.5 Å². The molecule has 1 aliphatic heterocycles. The van der Waals surface area contributed by atoms with Gasteiger partial charge in [-0.25, -0.2) is 0 Å². The Morgan fingerprint density at radius 2 is 2.40 bits per heavy atom. The summed E-state index contributed by atoms with van der Waals surface area (Å²) in [7, 11) is 1.62. The second-order valence-corrected chi connectivity index (χ2v) is 3.56. The van der Waals surface area contributed by atoms with Gasteiger partial charge in [0.15, 0.2) is 0 Å². The zero-order valence-electron chi connectivity index (χ0n) is 8.82. The first-order valence-corrected chi connectivity index (χ1v) is 5.07. The van der Waals surface area contributed by atoms with Gasteiger partial charge in [-0.05, 0) is 17.7 Å². The van der Waals surface area contributed by atoms with E-state index in [1.807, 2.05) is 18.2 Å². The quantitative estimate of drug-likeness (QED) is 0.710. The van der Waals surface area contributed by atoms with Gasteiger partial charge in [-0.1, -0.05) is 6.07 Å². The van der Waals surface area contributed by atoms with Crippen LogP contribution in [-0.2, 0) is 4.74 Å². The fraction of sp³-hybridized carbons (Fsp3) is 0.455. The van der Waals surface area contributed by atoms with Gasteiger partial charge in [0.1, 0.15) is 5.75 Å². The van der Waals surface area contributed by atoms with Crippen molar-refractivity contribution in [1.29, 1.82) is 0 Å². The van der Waals surface area contributed by atoms with Gasteiger partial charge >= 0.3 is 0 Å². The van der Waals surface area contributed by atoms with Crippen molar-refractivity contribution in [3.05, 3.63) is 23.8 Å². The predicted octanol–water partition coefficient (Wildman–Crippen LogP) is 0.938. The normalized spacial score (nSPS) is 21.3. The average molecular weight is 208 g/mol. The highest BCUT2D eigenvalue weighted by atomic mass is 16.5. The molecular weight excluding hydrogens is 192 g/mol. The molecule has 4 nitrogen and oxygen atoms in total. The smallest absolute Gasteiger partial charge is 0.142 e. The van der Waals surface area contributed by atoms with Crippen molar-refractivity contribution in [2.45, 2.75) is 6.10 Å². The molecule has 0 bridgehead atoms. The fourth-order valence-electron chi connectivity index (χ4n) is 1.71. The molecule has 0 spiro atoms. The Bertz CT molecular complexity index is 335. The number of nitrogens with two attached hydrogens (primary N) is 1. The third-order valence-corrected chi connectivity index (χ3v) is 2.56. The second kappa shape index (κ2) is 4.51. The lowest BCUT2D eigenvalue weighted by Gasteiger charge is -2.24. The first-order valence-electron chi connectivity index (χ1n) is 5.07. The SMILES string of the molecule is COc1cc(C2CNCCO2)ccc1N. The van der Waals surface area contributed by atoms with Crippen molar-refractivity contribution in [3.63, 3.8) is 0 Å². The van der Waals surface area contributed by atoms with E-state index in [4.69, 9.17) is 15.2 Å². The van der Waals surface area contributed by atoms with Gasteiger partial charge in [0, 0.05) is 13.1 Å². The minimum atomic E-state index is 0.105. The molecule has 82 valence electrons. The van der Waals surface area contributed by atoms with Crippen LogP contribution >= 0.6 is 0 Å². The van der Waals surface area contributed by atoms with Crippen LogP contribution in [-0.4, -0.2) is 26.8 Å². The number of benzene rings is 1. The number of rotatable bonds is 2. The van der Waals surface area contributed by atoms with Crippen molar-refractivity contribution >= 4 is 5.69 Å². The molecule has 1 unspecified atom stereocenters. The van der Waals surface area contributed by atoms with Crippen LogP contribution in [0.4, 0.5) is 5.69 Å². The zero-order valence-corrected chi connectivity index (χ0v) is 8.82.